The molecule has 0 aliphatic rings. The number of aliphatic hydroxyl groups excluding tert-OH is 1. The predicted octanol–water partition coefficient (Wildman–Crippen LogP) is 0.157. The Kier molecular flexibility index (Phi) is 6.69. The standard InChI is InChI=1S/C12H19N3O5S/c1-21(19,20)14-8-2-7-13-9-12(16)10-3-5-11(6-4-10)15(17)18/h3-6,12-14,16H,2,7-9H2,1H3. The lowest BCUT2D eigenvalue weighted by molar-refractivity contribution is -0.384. The van der Waals surface area contributed by atoms with Gasteiger partial charge < -0.3 is 10.4 Å². The van der Waals surface area contributed by atoms with E-state index < -0.39 is 21.1 Å². The summed E-state index contributed by atoms with van der Waals surface area (Å²) in [7, 11) is -3.16. The second kappa shape index (κ2) is 8.03. The van der Waals surface area contributed by atoms with Crippen LogP contribution in [0.1, 0.15) is 18.1 Å². The molecule has 9 heteroatoms. The van der Waals surface area contributed by atoms with Crippen molar-refractivity contribution >= 4 is 15.7 Å². The summed E-state index contributed by atoms with van der Waals surface area (Å²) in [5.41, 5.74) is 0.563. The molecule has 0 bridgehead atoms. The van der Waals surface area contributed by atoms with Gasteiger partial charge in [0.2, 0.25) is 10.0 Å². The van der Waals surface area contributed by atoms with E-state index in [1.165, 1.54) is 24.3 Å². The molecule has 1 rings (SSSR count). The molecule has 3 N–H and O–H groups in total. The largest absolute Gasteiger partial charge is 0.387 e. The molecular formula is C12H19N3O5S. The Morgan fingerprint density at radius 3 is 2.43 bits per heavy atom. The van der Waals surface area contributed by atoms with Crippen molar-refractivity contribution in [3.05, 3.63) is 39.9 Å². The Hall–Kier alpha value is -1.55. The first-order valence-electron chi connectivity index (χ1n) is 6.37. The first kappa shape index (κ1) is 17.5. The van der Waals surface area contributed by atoms with E-state index in [0.29, 0.717) is 25.1 Å². The van der Waals surface area contributed by atoms with Gasteiger partial charge in [-0.15, -0.1) is 0 Å². The van der Waals surface area contributed by atoms with Gasteiger partial charge in [0.25, 0.3) is 5.69 Å². The van der Waals surface area contributed by atoms with Crippen LogP contribution in [0.3, 0.4) is 0 Å². The lowest BCUT2D eigenvalue weighted by atomic mass is 10.1. The molecule has 0 fully saturated rings. The highest BCUT2D eigenvalue weighted by Gasteiger charge is 2.10. The fraction of sp³-hybridized carbons (Fsp3) is 0.500. The normalized spacial score (nSPS) is 13.0. The summed E-state index contributed by atoms with van der Waals surface area (Å²) in [5.74, 6) is 0. The number of hydrogen-bond acceptors (Lipinski definition) is 6. The van der Waals surface area contributed by atoms with Crippen molar-refractivity contribution in [3.8, 4) is 0 Å². The van der Waals surface area contributed by atoms with Crippen LogP contribution < -0.4 is 10.0 Å². The van der Waals surface area contributed by atoms with Gasteiger partial charge in [-0.25, -0.2) is 13.1 Å². The number of nitro groups is 1. The van der Waals surface area contributed by atoms with Crippen LogP contribution in [0.5, 0.6) is 0 Å². The van der Waals surface area contributed by atoms with Gasteiger partial charge in [-0.2, -0.15) is 0 Å². The number of hydrogen-bond donors (Lipinski definition) is 3. The molecule has 0 amide bonds. The zero-order valence-electron chi connectivity index (χ0n) is 11.7. The second-order valence-electron chi connectivity index (χ2n) is 4.59. The smallest absolute Gasteiger partial charge is 0.269 e. The summed E-state index contributed by atoms with van der Waals surface area (Å²) in [4.78, 5) is 10.0. The maximum Gasteiger partial charge on any atom is 0.269 e. The third-order valence-corrected chi connectivity index (χ3v) is 3.45. The number of sulfonamides is 1. The van der Waals surface area contributed by atoms with Crippen LogP contribution in [-0.2, 0) is 10.0 Å². The van der Waals surface area contributed by atoms with E-state index in [2.05, 4.69) is 10.0 Å². The molecule has 1 atom stereocenters. The van der Waals surface area contributed by atoms with Crippen molar-refractivity contribution in [2.45, 2.75) is 12.5 Å². The third kappa shape index (κ3) is 7.14. The summed E-state index contributed by atoms with van der Waals surface area (Å²) in [6, 6.07) is 5.70. The van der Waals surface area contributed by atoms with Crippen molar-refractivity contribution in [3.63, 3.8) is 0 Å². The van der Waals surface area contributed by atoms with Gasteiger partial charge in [0.05, 0.1) is 17.3 Å². The topological polar surface area (TPSA) is 122 Å². The molecule has 0 radical (unpaired) electrons. The number of nitrogens with one attached hydrogen (secondary N) is 2. The number of non-ortho nitro benzene ring substituents is 1. The van der Waals surface area contributed by atoms with Crippen LogP contribution in [0.4, 0.5) is 5.69 Å². The summed E-state index contributed by atoms with van der Waals surface area (Å²) >= 11 is 0. The maximum atomic E-state index is 10.8. The molecular weight excluding hydrogens is 298 g/mol. The number of aliphatic hydroxyl groups is 1. The molecule has 0 saturated heterocycles. The Bertz CT molecular complexity index is 559. The van der Waals surface area contributed by atoms with Gasteiger partial charge in [0.15, 0.2) is 0 Å². The van der Waals surface area contributed by atoms with Gasteiger partial charge in [-0.05, 0) is 30.7 Å². The van der Waals surface area contributed by atoms with Crippen LogP contribution in [0.25, 0.3) is 0 Å². The molecule has 118 valence electrons. The number of nitro benzene ring substituents is 1. The van der Waals surface area contributed by atoms with Crippen LogP contribution in [0.15, 0.2) is 24.3 Å². The average Bonchev–Trinajstić information content (AvgIpc) is 2.41. The van der Waals surface area contributed by atoms with Crippen molar-refractivity contribution in [1.82, 2.24) is 10.0 Å². The minimum Gasteiger partial charge on any atom is -0.387 e. The van der Waals surface area contributed by atoms with E-state index >= 15 is 0 Å². The predicted molar refractivity (Wildman–Crippen MR) is 78.4 cm³/mol. The first-order chi connectivity index (χ1) is 9.79. The first-order valence-corrected chi connectivity index (χ1v) is 8.26. The van der Waals surface area contributed by atoms with E-state index in [-0.39, 0.29) is 12.2 Å². The van der Waals surface area contributed by atoms with Gasteiger partial charge in [0.1, 0.15) is 0 Å². The molecule has 1 aromatic rings. The molecule has 0 heterocycles. The molecule has 21 heavy (non-hydrogen) atoms. The van der Waals surface area contributed by atoms with Crippen LogP contribution in [0, 0.1) is 10.1 Å². The maximum absolute atomic E-state index is 10.8. The van der Waals surface area contributed by atoms with Crippen LogP contribution in [0.2, 0.25) is 0 Å². The van der Waals surface area contributed by atoms with E-state index in [1.807, 2.05) is 0 Å². The Morgan fingerprint density at radius 2 is 1.90 bits per heavy atom. The van der Waals surface area contributed by atoms with Crippen LogP contribution >= 0.6 is 0 Å². The molecule has 0 aliphatic carbocycles. The average molecular weight is 317 g/mol. The third-order valence-electron chi connectivity index (χ3n) is 2.72. The quantitative estimate of drug-likeness (QED) is 0.339. The Morgan fingerprint density at radius 1 is 1.29 bits per heavy atom. The molecule has 0 aromatic heterocycles. The van der Waals surface area contributed by atoms with E-state index in [9.17, 15) is 23.6 Å². The van der Waals surface area contributed by atoms with Crippen molar-refractivity contribution in [1.29, 1.82) is 0 Å². The van der Waals surface area contributed by atoms with E-state index in [0.717, 1.165) is 6.26 Å². The highest BCUT2D eigenvalue weighted by Crippen LogP contribution is 2.17. The highest BCUT2D eigenvalue weighted by atomic mass is 32.2. The lowest BCUT2D eigenvalue weighted by Gasteiger charge is -2.12. The monoisotopic (exact) mass is 317 g/mol. The summed E-state index contributed by atoms with van der Waals surface area (Å²) in [6.07, 6.45) is 0.924. The fourth-order valence-electron chi connectivity index (χ4n) is 1.65. The number of nitrogens with zero attached hydrogens (tertiary/aromatic N) is 1. The molecule has 0 aliphatic heterocycles. The Balaban J connectivity index is 2.27. The van der Waals surface area contributed by atoms with Crippen molar-refractivity contribution < 1.29 is 18.4 Å². The molecule has 0 saturated carbocycles. The zero-order chi connectivity index (χ0) is 15.9. The minimum atomic E-state index is -3.16. The lowest BCUT2D eigenvalue weighted by Crippen LogP contribution is -2.28. The summed E-state index contributed by atoms with van der Waals surface area (Å²) in [5, 5.41) is 23.4. The highest BCUT2D eigenvalue weighted by molar-refractivity contribution is 7.88. The fourth-order valence-corrected chi connectivity index (χ4v) is 2.16. The zero-order valence-corrected chi connectivity index (χ0v) is 12.5. The number of rotatable bonds is 9. The summed E-state index contributed by atoms with van der Waals surface area (Å²) in [6.45, 7) is 1.17. The minimum absolute atomic E-state index is 0.0224. The van der Waals surface area contributed by atoms with Crippen molar-refractivity contribution in [2.24, 2.45) is 0 Å². The Labute approximate surface area is 123 Å². The van der Waals surface area contributed by atoms with Crippen molar-refractivity contribution in [2.75, 3.05) is 25.9 Å². The van der Waals surface area contributed by atoms with E-state index in [4.69, 9.17) is 0 Å². The molecule has 0 spiro atoms. The van der Waals surface area contributed by atoms with Gasteiger partial charge in [0, 0.05) is 25.2 Å². The summed E-state index contributed by atoms with van der Waals surface area (Å²) < 4.78 is 24.0. The van der Waals surface area contributed by atoms with Gasteiger partial charge in [-0.1, -0.05) is 0 Å². The number of benzene rings is 1. The van der Waals surface area contributed by atoms with Gasteiger partial charge in [-0.3, -0.25) is 10.1 Å². The van der Waals surface area contributed by atoms with Gasteiger partial charge >= 0.3 is 0 Å². The molecule has 8 nitrogen and oxygen atoms in total. The second-order valence-corrected chi connectivity index (χ2v) is 6.42. The molecule has 1 unspecified atom stereocenters. The SMILES string of the molecule is CS(=O)(=O)NCCCNCC(O)c1ccc([N+](=O)[O-])cc1. The molecule has 1 aromatic carbocycles. The van der Waals surface area contributed by atoms with E-state index in [1.54, 1.807) is 0 Å². The van der Waals surface area contributed by atoms with Crippen LogP contribution in [-0.4, -0.2) is 44.3 Å².